The van der Waals surface area contributed by atoms with Gasteiger partial charge in [-0.05, 0) is 49.2 Å². The minimum Gasteiger partial charge on any atom is -0.495 e. The first-order valence-corrected chi connectivity index (χ1v) is 9.41. The van der Waals surface area contributed by atoms with Gasteiger partial charge in [-0.2, -0.15) is 0 Å². The number of anilines is 1. The zero-order valence-corrected chi connectivity index (χ0v) is 15.3. The number of nitrogens with one attached hydrogen (secondary N) is 2. The Bertz CT molecular complexity index is 863. The summed E-state index contributed by atoms with van der Waals surface area (Å²) in [5.74, 6) is 0.123. The maximum absolute atomic E-state index is 12.7. The van der Waals surface area contributed by atoms with Gasteiger partial charge in [-0.1, -0.05) is 19.1 Å². The van der Waals surface area contributed by atoms with Crippen LogP contribution in [0.3, 0.4) is 0 Å². The van der Waals surface area contributed by atoms with Crippen LogP contribution in [0.15, 0.2) is 47.4 Å². The second-order valence-corrected chi connectivity index (χ2v) is 7.28. The molecule has 6 nitrogen and oxygen atoms in total. The maximum atomic E-state index is 12.7. The Kier molecular flexibility index (Phi) is 6.03. The Balaban J connectivity index is 2.31. The van der Waals surface area contributed by atoms with Gasteiger partial charge in [0, 0.05) is 12.1 Å². The molecule has 0 saturated carbocycles. The fourth-order valence-electron chi connectivity index (χ4n) is 2.25. The quantitative estimate of drug-likeness (QED) is 0.793. The van der Waals surface area contributed by atoms with E-state index in [4.69, 9.17) is 4.74 Å². The first-order chi connectivity index (χ1) is 11.9. The van der Waals surface area contributed by atoms with Gasteiger partial charge in [0.1, 0.15) is 5.75 Å². The highest BCUT2D eigenvalue weighted by molar-refractivity contribution is 7.92. The van der Waals surface area contributed by atoms with Crippen LogP contribution in [0, 0.1) is 6.92 Å². The van der Waals surface area contributed by atoms with Gasteiger partial charge >= 0.3 is 0 Å². The van der Waals surface area contributed by atoms with Gasteiger partial charge in [0.05, 0.1) is 17.7 Å². The zero-order valence-electron chi connectivity index (χ0n) is 14.5. The van der Waals surface area contributed by atoms with Gasteiger partial charge in [0.15, 0.2) is 0 Å². The number of carbonyl (C=O) groups excluding carboxylic acids is 1. The molecule has 2 aromatic rings. The summed E-state index contributed by atoms with van der Waals surface area (Å²) in [6.45, 7) is 4.34. The number of sulfonamides is 1. The van der Waals surface area contributed by atoms with Gasteiger partial charge in [0.2, 0.25) is 0 Å². The fourth-order valence-corrected chi connectivity index (χ4v) is 3.36. The number of methoxy groups -OCH3 is 1. The molecule has 0 bridgehead atoms. The SMILES string of the molecule is CCCNC(=O)c1cccc(S(=O)(=O)Nc2cc(C)ccc2OC)c1. The molecule has 0 radical (unpaired) electrons. The van der Waals surface area contributed by atoms with Gasteiger partial charge in [-0.25, -0.2) is 8.42 Å². The number of amides is 1. The van der Waals surface area contributed by atoms with Crippen molar-refractivity contribution in [1.82, 2.24) is 5.32 Å². The summed E-state index contributed by atoms with van der Waals surface area (Å²) in [7, 11) is -2.38. The number of carbonyl (C=O) groups is 1. The van der Waals surface area contributed by atoms with Crippen molar-refractivity contribution in [3.8, 4) is 5.75 Å². The van der Waals surface area contributed by atoms with Crippen LogP contribution in [-0.2, 0) is 10.0 Å². The van der Waals surface area contributed by atoms with Gasteiger partial charge in [-0.15, -0.1) is 0 Å². The third kappa shape index (κ3) is 4.73. The van der Waals surface area contributed by atoms with Crippen molar-refractivity contribution < 1.29 is 17.9 Å². The third-order valence-corrected chi connectivity index (χ3v) is 4.90. The van der Waals surface area contributed by atoms with E-state index in [0.29, 0.717) is 23.5 Å². The summed E-state index contributed by atoms with van der Waals surface area (Å²) in [6, 6.07) is 11.1. The summed E-state index contributed by atoms with van der Waals surface area (Å²) in [4.78, 5) is 12.1. The molecule has 0 spiro atoms. The molecular weight excluding hydrogens is 340 g/mol. The Hall–Kier alpha value is -2.54. The smallest absolute Gasteiger partial charge is 0.262 e. The van der Waals surface area contributed by atoms with E-state index in [1.807, 2.05) is 19.9 Å². The summed E-state index contributed by atoms with van der Waals surface area (Å²) < 4.78 is 33.1. The molecule has 0 fully saturated rings. The van der Waals surface area contributed by atoms with E-state index in [9.17, 15) is 13.2 Å². The third-order valence-electron chi connectivity index (χ3n) is 3.54. The van der Waals surface area contributed by atoms with Crippen LogP contribution >= 0.6 is 0 Å². The Morgan fingerprint density at radius 1 is 1.16 bits per heavy atom. The molecule has 2 N–H and O–H groups in total. The second-order valence-electron chi connectivity index (χ2n) is 5.59. The monoisotopic (exact) mass is 362 g/mol. The van der Waals surface area contributed by atoms with Crippen molar-refractivity contribution in [2.45, 2.75) is 25.2 Å². The Labute approximate surface area is 148 Å². The standard InChI is InChI=1S/C18H22N2O4S/c1-4-10-19-18(21)14-6-5-7-15(12-14)25(22,23)20-16-11-13(2)8-9-17(16)24-3/h5-9,11-12,20H,4,10H2,1-3H3,(H,19,21). The average Bonchev–Trinajstić information content (AvgIpc) is 2.59. The molecule has 0 atom stereocenters. The Morgan fingerprint density at radius 3 is 2.60 bits per heavy atom. The highest BCUT2D eigenvalue weighted by Crippen LogP contribution is 2.28. The van der Waals surface area contributed by atoms with Crippen LogP contribution in [0.1, 0.15) is 29.3 Å². The lowest BCUT2D eigenvalue weighted by Gasteiger charge is -2.13. The molecule has 2 aromatic carbocycles. The van der Waals surface area contributed by atoms with Crippen LogP contribution in [-0.4, -0.2) is 28.0 Å². The molecule has 0 aromatic heterocycles. The molecule has 1 amide bonds. The van der Waals surface area contributed by atoms with E-state index in [2.05, 4.69) is 10.0 Å². The van der Waals surface area contributed by atoms with E-state index >= 15 is 0 Å². The number of aryl methyl sites for hydroxylation is 1. The van der Waals surface area contributed by atoms with Gasteiger partial charge in [-0.3, -0.25) is 9.52 Å². The van der Waals surface area contributed by atoms with E-state index in [-0.39, 0.29) is 10.8 Å². The lowest BCUT2D eigenvalue weighted by atomic mass is 10.2. The average molecular weight is 362 g/mol. The predicted molar refractivity (Wildman–Crippen MR) is 97.6 cm³/mol. The molecule has 7 heteroatoms. The number of benzene rings is 2. The van der Waals surface area contributed by atoms with Crippen LogP contribution in [0.25, 0.3) is 0 Å². The van der Waals surface area contributed by atoms with Crippen molar-refractivity contribution in [2.24, 2.45) is 0 Å². The van der Waals surface area contributed by atoms with Crippen molar-refractivity contribution in [1.29, 1.82) is 0 Å². The molecule has 0 unspecified atom stereocenters. The van der Waals surface area contributed by atoms with Crippen LogP contribution in [0.4, 0.5) is 5.69 Å². The summed E-state index contributed by atoms with van der Waals surface area (Å²) in [6.07, 6.45) is 0.804. The van der Waals surface area contributed by atoms with Crippen molar-refractivity contribution in [3.63, 3.8) is 0 Å². The summed E-state index contributed by atoms with van der Waals surface area (Å²) in [5, 5.41) is 2.73. The molecule has 0 aliphatic heterocycles. The number of hydrogen-bond donors (Lipinski definition) is 2. The molecule has 0 saturated heterocycles. The van der Waals surface area contributed by atoms with E-state index in [0.717, 1.165) is 12.0 Å². The Morgan fingerprint density at radius 2 is 1.92 bits per heavy atom. The molecular formula is C18H22N2O4S. The topological polar surface area (TPSA) is 84.5 Å². The summed E-state index contributed by atoms with van der Waals surface area (Å²) in [5.41, 5.74) is 1.54. The van der Waals surface area contributed by atoms with Crippen molar-refractivity contribution in [3.05, 3.63) is 53.6 Å². The van der Waals surface area contributed by atoms with Gasteiger partial charge in [0.25, 0.3) is 15.9 Å². The number of hydrogen-bond acceptors (Lipinski definition) is 4. The molecule has 0 aliphatic rings. The second kappa shape index (κ2) is 8.02. The minimum atomic E-state index is -3.85. The maximum Gasteiger partial charge on any atom is 0.262 e. The van der Waals surface area contributed by atoms with Crippen LogP contribution in [0.2, 0.25) is 0 Å². The molecule has 134 valence electrons. The molecule has 0 heterocycles. The van der Waals surface area contributed by atoms with E-state index in [1.165, 1.54) is 19.2 Å². The van der Waals surface area contributed by atoms with E-state index < -0.39 is 10.0 Å². The van der Waals surface area contributed by atoms with Crippen LogP contribution < -0.4 is 14.8 Å². The lowest BCUT2D eigenvalue weighted by Crippen LogP contribution is -2.24. The van der Waals surface area contributed by atoms with Crippen molar-refractivity contribution >= 4 is 21.6 Å². The fraction of sp³-hybridized carbons (Fsp3) is 0.278. The van der Waals surface area contributed by atoms with E-state index in [1.54, 1.807) is 24.3 Å². The van der Waals surface area contributed by atoms with Gasteiger partial charge < -0.3 is 10.1 Å². The normalized spacial score (nSPS) is 11.0. The van der Waals surface area contributed by atoms with Crippen molar-refractivity contribution in [2.75, 3.05) is 18.4 Å². The summed E-state index contributed by atoms with van der Waals surface area (Å²) >= 11 is 0. The number of rotatable bonds is 7. The molecule has 0 aliphatic carbocycles. The number of ether oxygens (including phenoxy) is 1. The predicted octanol–water partition coefficient (Wildman–Crippen LogP) is 2.94. The minimum absolute atomic E-state index is 0.0141. The van der Waals surface area contributed by atoms with Crippen LogP contribution in [0.5, 0.6) is 5.75 Å². The molecule has 25 heavy (non-hydrogen) atoms. The zero-order chi connectivity index (χ0) is 18.4. The molecule has 2 rings (SSSR count). The largest absolute Gasteiger partial charge is 0.495 e. The first kappa shape index (κ1) is 18.8. The lowest BCUT2D eigenvalue weighted by molar-refractivity contribution is 0.0953. The highest BCUT2D eigenvalue weighted by Gasteiger charge is 2.18. The first-order valence-electron chi connectivity index (χ1n) is 7.93. The highest BCUT2D eigenvalue weighted by atomic mass is 32.2.